The molecule has 0 radical (unpaired) electrons. The minimum atomic E-state index is -0.326. The number of allylic oxidation sites excluding steroid dienone is 2. The lowest BCUT2D eigenvalue weighted by atomic mass is 9.85. The van der Waals surface area contributed by atoms with Crippen LogP contribution in [0.4, 0.5) is 11.4 Å². The van der Waals surface area contributed by atoms with E-state index in [-0.39, 0.29) is 41.4 Å². The maximum atomic E-state index is 12.9. The third-order valence-electron chi connectivity index (χ3n) is 6.51. The van der Waals surface area contributed by atoms with Crippen molar-refractivity contribution in [1.29, 1.82) is 0 Å². The summed E-state index contributed by atoms with van der Waals surface area (Å²) >= 11 is 0. The lowest BCUT2D eigenvalue weighted by Crippen LogP contribution is -2.32. The van der Waals surface area contributed by atoms with Crippen LogP contribution >= 0.6 is 0 Å². The Kier molecular flexibility index (Phi) is 4.54. The number of hydrogen-bond acceptors (Lipinski definition) is 5. The molecule has 7 heteroatoms. The number of carbonyl (C=O) groups excluding carboxylic acids is 3. The predicted octanol–water partition coefficient (Wildman–Crippen LogP) is 3.27. The minimum Gasteiger partial charge on any atom is -0.497 e. The van der Waals surface area contributed by atoms with E-state index in [9.17, 15) is 14.4 Å². The molecule has 31 heavy (non-hydrogen) atoms. The van der Waals surface area contributed by atoms with Gasteiger partial charge in [-0.1, -0.05) is 12.2 Å². The van der Waals surface area contributed by atoms with Crippen LogP contribution < -0.4 is 19.7 Å². The number of carbonyl (C=O) groups is 3. The normalized spacial score (nSPS) is 25.7. The van der Waals surface area contributed by atoms with Crippen molar-refractivity contribution in [2.45, 2.75) is 6.42 Å². The van der Waals surface area contributed by atoms with E-state index >= 15 is 0 Å². The predicted molar refractivity (Wildman–Crippen MR) is 114 cm³/mol. The number of methoxy groups -OCH3 is 2. The molecule has 1 N–H and O–H groups in total. The van der Waals surface area contributed by atoms with Crippen molar-refractivity contribution in [3.8, 4) is 11.5 Å². The van der Waals surface area contributed by atoms with Gasteiger partial charge in [-0.3, -0.25) is 19.3 Å². The maximum absolute atomic E-state index is 12.9. The molecule has 1 heterocycles. The van der Waals surface area contributed by atoms with Crippen LogP contribution in [0.25, 0.3) is 0 Å². The number of imide groups is 1. The van der Waals surface area contributed by atoms with Crippen molar-refractivity contribution >= 4 is 29.1 Å². The highest BCUT2D eigenvalue weighted by Gasteiger charge is 2.59. The molecule has 2 aromatic rings. The molecular weight excluding hydrogens is 396 g/mol. The second-order valence-corrected chi connectivity index (χ2v) is 8.08. The van der Waals surface area contributed by atoms with Gasteiger partial charge >= 0.3 is 0 Å². The molecule has 7 nitrogen and oxygen atoms in total. The van der Waals surface area contributed by atoms with Crippen molar-refractivity contribution in [1.82, 2.24) is 0 Å². The summed E-state index contributed by atoms with van der Waals surface area (Å²) < 4.78 is 10.5. The van der Waals surface area contributed by atoms with Gasteiger partial charge in [0.25, 0.3) is 5.91 Å². The number of benzene rings is 2. The van der Waals surface area contributed by atoms with Gasteiger partial charge in [-0.05, 0) is 54.7 Å². The number of nitrogens with one attached hydrogen (secondary N) is 1. The monoisotopic (exact) mass is 418 g/mol. The Hall–Kier alpha value is -3.61. The van der Waals surface area contributed by atoms with Crippen LogP contribution in [-0.2, 0) is 9.59 Å². The zero-order valence-corrected chi connectivity index (χ0v) is 17.2. The van der Waals surface area contributed by atoms with E-state index < -0.39 is 0 Å². The van der Waals surface area contributed by atoms with E-state index in [0.29, 0.717) is 28.4 Å². The summed E-state index contributed by atoms with van der Waals surface area (Å²) in [4.78, 5) is 39.9. The van der Waals surface area contributed by atoms with E-state index in [1.807, 2.05) is 0 Å². The molecule has 3 amide bonds. The van der Waals surface area contributed by atoms with Crippen LogP contribution in [0.2, 0.25) is 0 Å². The standard InChI is InChI=1S/C24H22N2O5/c1-30-17-9-10-18(19(12-17)31-2)25-22(27)13-5-7-16(8-6-13)26-23(28)20-14-3-4-15(11-14)21(20)24(26)29/h3-10,12,14-15,20-21H,11H2,1-2H3,(H,25,27)/t14-,15-,20+,21+/m0/s1. The molecule has 2 aromatic carbocycles. The van der Waals surface area contributed by atoms with Crippen LogP contribution in [0, 0.1) is 23.7 Å². The minimum absolute atomic E-state index is 0.132. The first-order valence-corrected chi connectivity index (χ1v) is 10.2. The molecule has 5 rings (SSSR count). The van der Waals surface area contributed by atoms with E-state index in [1.54, 1.807) is 49.6 Å². The molecule has 2 fully saturated rings. The van der Waals surface area contributed by atoms with E-state index in [4.69, 9.17) is 9.47 Å². The van der Waals surface area contributed by atoms with Gasteiger partial charge in [0, 0.05) is 11.6 Å². The topological polar surface area (TPSA) is 84.9 Å². The molecule has 4 atom stereocenters. The molecule has 0 aromatic heterocycles. The summed E-state index contributed by atoms with van der Waals surface area (Å²) in [6.07, 6.45) is 5.04. The number of fused-ring (bicyclic) bond motifs is 5. The Morgan fingerprint density at radius 1 is 0.935 bits per heavy atom. The molecule has 0 unspecified atom stereocenters. The molecule has 2 aliphatic carbocycles. The van der Waals surface area contributed by atoms with Gasteiger partial charge in [0.15, 0.2) is 0 Å². The average molecular weight is 418 g/mol. The fourth-order valence-electron chi connectivity index (χ4n) is 5.01. The summed E-state index contributed by atoms with van der Waals surface area (Å²) in [7, 11) is 3.07. The SMILES string of the molecule is COc1ccc(NC(=O)c2ccc(N3C(=O)[C@H]4[C@H](C3=O)[C@H]3C=C[C@H]4C3)cc2)c(OC)c1. The Labute approximate surface area is 179 Å². The molecule has 1 aliphatic heterocycles. The molecule has 1 saturated heterocycles. The molecule has 1 saturated carbocycles. The number of ether oxygens (including phenoxy) is 2. The second-order valence-electron chi connectivity index (χ2n) is 8.08. The van der Waals surface area contributed by atoms with Crippen molar-refractivity contribution in [2.75, 3.05) is 24.4 Å². The van der Waals surface area contributed by atoms with Gasteiger partial charge < -0.3 is 14.8 Å². The Morgan fingerprint density at radius 3 is 2.16 bits per heavy atom. The highest BCUT2D eigenvalue weighted by Crippen LogP contribution is 2.53. The van der Waals surface area contributed by atoms with Crippen LogP contribution in [0.15, 0.2) is 54.6 Å². The average Bonchev–Trinajstić information content (AvgIpc) is 3.48. The van der Waals surface area contributed by atoms with Gasteiger partial charge in [0.2, 0.25) is 11.8 Å². The molecule has 0 spiro atoms. The first-order valence-electron chi connectivity index (χ1n) is 10.2. The quantitative estimate of drug-likeness (QED) is 0.595. The second kappa shape index (κ2) is 7.27. The third kappa shape index (κ3) is 3.00. The van der Waals surface area contributed by atoms with E-state index in [2.05, 4.69) is 17.5 Å². The Bertz CT molecular complexity index is 1080. The van der Waals surface area contributed by atoms with Crippen LogP contribution in [-0.4, -0.2) is 31.9 Å². The van der Waals surface area contributed by atoms with E-state index in [1.165, 1.54) is 12.0 Å². The number of rotatable bonds is 5. The zero-order valence-electron chi connectivity index (χ0n) is 17.2. The summed E-state index contributed by atoms with van der Waals surface area (Å²) in [5.41, 5.74) is 1.42. The van der Waals surface area contributed by atoms with Gasteiger partial charge in [-0.25, -0.2) is 0 Å². The van der Waals surface area contributed by atoms with Crippen molar-refractivity contribution in [2.24, 2.45) is 23.7 Å². The van der Waals surface area contributed by atoms with E-state index in [0.717, 1.165) is 6.42 Å². The van der Waals surface area contributed by atoms with Crippen LogP contribution in [0.1, 0.15) is 16.8 Å². The number of amides is 3. The largest absolute Gasteiger partial charge is 0.497 e. The van der Waals surface area contributed by atoms with Crippen LogP contribution in [0.3, 0.4) is 0 Å². The fourth-order valence-corrected chi connectivity index (χ4v) is 5.01. The molecule has 158 valence electrons. The molecule has 2 bridgehead atoms. The summed E-state index contributed by atoms with van der Waals surface area (Å²) in [5.74, 6) is 0.357. The first-order chi connectivity index (χ1) is 15.0. The van der Waals surface area contributed by atoms with Gasteiger partial charge in [-0.2, -0.15) is 0 Å². The first kappa shape index (κ1) is 19.4. The van der Waals surface area contributed by atoms with Crippen LogP contribution in [0.5, 0.6) is 11.5 Å². The zero-order chi connectivity index (χ0) is 21.7. The fraction of sp³-hybridized carbons (Fsp3) is 0.292. The molecular formula is C24H22N2O5. The van der Waals surface area contributed by atoms with Crippen molar-refractivity contribution in [3.05, 3.63) is 60.2 Å². The maximum Gasteiger partial charge on any atom is 0.255 e. The number of nitrogens with zero attached hydrogens (tertiary/aromatic N) is 1. The molecule has 3 aliphatic rings. The van der Waals surface area contributed by atoms with Gasteiger partial charge in [0.05, 0.1) is 37.4 Å². The highest BCUT2D eigenvalue weighted by atomic mass is 16.5. The lowest BCUT2D eigenvalue weighted by molar-refractivity contribution is -0.123. The number of hydrogen-bond donors (Lipinski definition) is 1. The lowest BCUT2D eigenvalue weighted by Gasteiger charge is -2.17. The highest BCUT2D eigenvalue weighted by molar-refractivity contribution is 6.23. The van der Waals surface area contributed by atoms with Crippen molar-refractivity contribution < 1.29 is 23.9 Å². The summed E-state index contributed by atoms with van der Waals surface area (Å²) in [6.45, 7) is 0. The van der Waals surface area contributed by atoms with Crippen molar-refractivity contribution in [3.63, 3.8) is 0 Å². The smallest absolute Gasteiger partial charge is 0.255 e. The summed E-state index contributed by atoms with van der Waals surface area (Å²) in [5, 5.41) is 2.81. The van der Waals surface area contributed by atoms with Gasteiger partial charge in [0.1, 0.15) is 11.5 Å². The summed E-state index contributed by atoms with van der Waals surface area (Å²) in [6, 6.07) is 11.6. The Morgan fingerprint density at radius 2 is 1.58 bits per heavy atom. The van der Waals surface area contributed by atoms with Gasteiger partial charge in [-0.15, -0.1) is 0 Å². The number of anilines is 2. The Balaban J connectivity index is 1.33. The third-order valence-corrected chi connectivity index (χ3v) is 6.51.